The quantitative estimate of drug-likeness (QED) is 0.635. The molecule has 20 heavy (non-hydrogen) atoms. The fourth-order valence-electron chi connectivity index (χ4n) is 2.27. The molecule has 1 saturated heterocycles. The number of carbonyl (C=O) groups is 1. The van der Waals surface area contributed by atoms with Gasteiger partial charge in [0.1, 0.15) is 0 Å². The van der Waals surface area contributed by atoms with E-state index >= 15 is 0 Å². The first kappa shape index (κ1) is 14.4. The minimum Gasteiger partial charge on any atom is -0.379 e. The Balaban J connectivity index is 2.08. The summed E-state index contributed by atoms with van der Waals surface area (Å²) in [6, 6.07) is 4.52. The van der Waals surface area contributed by atoms with Gasteiger partial charge >= 0.3 is 0 Å². The van der Waals surface area contributed by atoms with Crippen LogP contribution in [0.1, 0.15) is 5.56 Å². The van der Waals surface area contributed by atoms with Crippen LogP contribution >= 0.6 is 0 Å². The summed E-state index contributed by atoms with van der Waals surface area (Å²) < 4.78 is 5.28. The summed E-state index contributed by atoms with van der Waals surface area (Å²) in [5, 5.41) is 16.6. The van der Waals surface area contributed by atoms with Crippen LogP contribution in [0.5, 0.6) is 0 Å². The second-order valence-electron chi connectivity index (χ2n) is 4.79. The lowest BCUT2D eigenvalue weighted by atomic mass is 10.0. The average Bonchev–Trinajstić information content (AvgIpc) is 2.86. The van der Waals surface area contributed by atoms with Crippen molar-refractivity contribution < 1.29 is 14.5 Å². The molecule has 1 fully saturated rings. The summed E-state index contributed by atoms with van der Waals surface area (Å²) in [6.45, 7) is 2.53. The molecule has 0 saturated carbocycles. The SMILES string of the molecule is CNC1COCC1C(=O)Nc1ccc([N+](=O)[O-])c(C)c1. The Morgan fingerprint density at radius 1 is 1.45 bits per heavy atom. The van der Waals surface area contributed by atoms with Gasteiger partial charge in [-0.15, -0.1) is 0 Å². The Hall–Kier alpha value is -1.99. The molecule has 7 nitrogen and oxygen atoms in total. The van der Waals surface area contributed by atoms with Crippen molar-refractivity contribution >= 4 is 17.3 Å². The summed E-state index contributed by atoms with van der Waals surface area (Å²) in [4.78, 5) is 22.4. The number of aryl methyl sites for hydroxylation is 1. The molecule has 7 heteroatoms. The summed E-state index contributed by atoms with van der Waals surface area (Å²) in [6.07, 6.45) is 0. The number of carbonyl (C=O) groups excluding carboxylic acids is 1. The molecule has 1 aromatic rings. The van der Waals surface area contributed by atoms with Crippen LogP contribution in [0, 0.1) is 23.0 Å². The molecule has 1 aliphatic rings. The molecule has 108 valence electrons. The van der Waals surface area contributed by atoms with Gasteiger partial charge in [0.25, 0.3) is 5.69 Å². The molecule has 2 atom stereocenters. The minimum absolute atomic E-state index is 0.00542. The molecule has 0 spiro atoms. The van der Waals surface area contributed by atoms with Crippen molar-refractivity contribution in [2.45, 2.75) is 13.0 Å². The van der Waals surface area contributed by atoms with Gasteiger partial charge in [-0.05, 0) is 26.1 Å². The lowest BCUT2D eigenvalue weighted by Gasteiger charge is -2.16. The number of nitro benzene ring substituents is 1. The van der Waals surface area contributed by atoms with Crippen LogP contribution in [-0.2, 0) is 9.53 Å². The van der Waals surface area contributed by atoms with E-state index in [0.29, 0.717) is 24.5 Å². The van der Waals surface area contributed by atoms with Crippen LogP contribution in [-0.4, -0.2) is 37.1 Å². The monoisotopic (exact) mass is 279 g/mol. The molecule has 0 bridgehead atoms. The number of likely N-dealkylation sites (N-methyl/N-ethyl adjacent to an activating group) is 1. The number of rotatable bonds is 4. The predicted molar refractivity (Wildman–Crippen MR) is 73.6 cm³/mol. The number of nitrogens with one attached hydrogen (secondary N) is 2. The molecule has 0 aromatic heterocycles. The first-order valence-corrected chi connectivity index (χ1v) is 6.34. The maximum Gasteiger partial charge on any atom is 0.272 e. The fraction of sp³-hybridized carbons (Fsp3) is 0.462. The number of nitro groups is 1. The third-order valence-corrected chi connectivity index (χ3v) is 3.45. The number of amides is 1. The Kier molecular flexibility index (Phi) is 4.31. The molecule has 0 aliphatic carbocycles. The van der Waals surface area contributed by atoms with Crippen molar-refractivity contribution in [3.63, 3.8) is 0 Å². The first-order chi connectivity index (χ1) is 9.52. The van der Waals surface area contributed by atoms with E-state index in [1.807, 2.05) is 0 Å². The largest absolute Gasteiger partial charge is 0.379 e. The Morgan fingerprint density at radius 2 is 2.20 bits per heavy atom. The van der Waals surface area contributed by atoms with Crippen LogP contribution < -0.4 is 10.6 Å². The molecule has 1 aromatic carbocycles. The number of anilines is 1. The van der Waals surface area contributed by atoms with Crippen LogP contribution in [0.25, 0.3) is 0 Å². The van der Waals surface area contributed by atoms with E-state index in [1.54, 1.807) is 20.0 Å². The van der Waals surface area contributed by atoms with Crippen LogP contribution in [0.15, 0.2) is 18.2 Å². The van der Waals surface area contributed by atoms with Crippen molar-refractivity contribution in [2.75, 3.05) is 25.6 Å². The summed E-state index contributed by atoms with van der Waals surface area (Å²) in [7, 11) is 1.79. The van der Waals surface area contributed by atoms with Crippen molar-refractivity contribution in [3.05, 3.63) is 33.9 Å². The van der Waals surface area contributed by atoms with E-state index in [0.717, 1.165) is 0 Å². The maximum absolute atomic E-state index is 12.1. The first-order valence-electron chi connectivity index (χ1n) is 6.34. The van der Waals surface area contributed by atoms with Gasteiger partial charge in [0.15, 0.2) is 0 Å². The van der Waals surface area contributed by atoms with Crippen molar-refractivity contribution in [1.29, 1.82) is 0 Å². The zero-order chi connectivity index (χ0) is 14.7. The molecule has 1 heterocycles. The zero-order valence-corrected chi connectivity index (χ0v) is 11.4. The minimum atomic E-state index is -0.442. The third-order valence-electron chi connectivity index (χ3n) is 3.45. The number of nitrogens with zero attached hydrogens (tertiary/aromatic N) is 1. The van der Waals surface area contributed by atoms with E-state index in [2.05, 4.69) is 10.6 Å². The predicted octanol–water partition coefficient (Wildman–Crippen LogP) is 1.08. The van der Waals surface area contributed by atoms with E-state index in [4.69, 9.17) is 4.74 Å². The van der Waals surface area contributed by atoms with Crippen LogP contribution in [0.3, 0.4) is 0 Å². The molecule has 0 radical (unpaired) electrons. The Labute approximate surface area is 116 Å². The Morgan fingerprint density at radius 3 is 2.80 bits per heavy atom. The zero-order valence-electron chi connectivity index (χ0n) is 11.4. The number of ether oxygens (including phenoxy) is 1. The number of hydrogen-bond acceptors (Lipinski definition) is 5. The van der Waals surface area contributed by atoms with Gasteiger partial charge in [0, 0.05) is 23.4 Å². The molecular weight excluding hydrogens is 262 g/mol. The fourth-order valence-corrected chi connectivity index (χ4v) is 2.27. The number of benzene rings is 1. The molecule has 2 N–H and O–H groups in total. The molecule has 2 rings (SSSR count). The molecule has 2 unspecified atom stereocenters. The summed E-state index contributed by atoms with van der Waals surface area (Å²) in [5.41, 5.74) is 1.11. The van der Waals surface area contributed by atoms with Crippen molar-refractivity contribution in [1.82, 2.24) is 5.32 Å². The second kappa shape index (κ2) is 5.98. The van der Waals surface area contributed by atoms with Crippen LogP contribution in [0.2, 0.25) is 0 Å². The smallest absolute Gasteiger partial charge is 0.272 e. The van der Waals surface area contributed by atoms with E-state index in [1.165, 1.54) is 12.1 Å². The van der Waals surface area contributed by atoms with Crippen molar-refractivity contribution in [2.24, 2.45) is 5.92 Å². The highest BCUT2D eigenvalue weighted by Crippen LogP contribution is 2.23. The van der Waals surface area contributed by atoms with Crippen molar-refractivity contribution in [3.8, 4) is 0 Å². The van der Waals surface area contributed by atoms with Gasteiger partial charge in [-0.25, -0.2) is 0 Å². The highest BCUT2D eigenvalue weighted by Gasteiger charge is 2.33. The van der Waals surface area contributed by atoms with Gasteiger partial charge in [-0.1, -0.05) is 0 Å². The topological polar surface area (TPSA) is 93.5 Å². The third kappa shape index (κ3) is 2.94. The lowest BCUT2D eigenvalue weighted by Crippen LogP contribution is -2.39. The maximum atomic E-state index is 12.1. The van der Waals surface area contributed by atoms with Crippen LogP contribution in [0.4, 0.5) is 11.4 Å². The van der Waals surface area contributed by atoms with E-state index in [9.17, 15) is 14.9 Å². The Bertz CT molecular complexity index is 532. The number of hydrogen-bond donors (Lipinski definition) is 2. The second-order valence-corrected chi connectivity index (χ2v) is 4.79. The summed E-state index contributed by atoms with van der Waals surface area (Å²) in [5.74, 6) is -0.398. The van der Waals surface area contributed by atoms with Gasteiger partial charge in [-0.2, -0.15) is 0 Å². The normalized spacial score (nSPS) is 21.7. The summed E-state index contributed by atoms with van der Waals surface area (Å²) >= 11 is 0. The molecule has 1 amide bonds. The average molecular weight is 279 g/mol. The highest BCUT2D eigenvalue weighted by molar-refractivity contribution is 5.93. The van der Waals surface area contributed by atoms with E-state index < -0.39 is 4.92 Å². The lowest BCUT2D eigenvalue weighted by molar-refractivity contribution is -0.385. The van der Waals surface area contributed by atoms with E-state index in [-0.39, 0.29) is 23.6 Å². The molecular formula is C13H17N3O4. The standard InChI is InChI=1S/C13H17N3O4/c1-8-5-9(3-4-12(8)16(18)19)15-13(17)10-6-20-7-11(10)14-2/h3-5,10-11,14H,6-7H2,1-2H3,(H,15,17). The van der Waals surface area contributed by atoms with Gasteiger partial charge < -0.3 is 15.4 Å². The van der Waals surface area contributed by atoms with Gasteiger partial charge in [0.2, 0.25) is 5.91 Å². The highest BCUT2D eigenvalue weighted by atomic mass is 16.6. The van der Waals surface area contributed by atoms with Gasteiger partial charge in [0.05, 0.1) is 24.1 Å². The van der Waals surface area contributed by atoms with Gasteiger partial charge in [-0.3, -0.25) is 14.9 Å². The molecule has 1 aliphatic heterocycles.